The highest BCUT2D eigenvalue weighted by Crippen LogP contribution is 2.28. The van der Waals surface area contributed by atoms with E-state index in [-0.39, 0.29) is 10.8 Å². The molecule has 1 aliphatic heterocycles. The van der Waals surface area contributed by atoms with Gasteiger partial charge in [-0.2, -0.15) is 5.01 Å². The van der Waals surface area contributed by atoms with Gasteiger partial charge in [-0.3, -0.25) is 15.0 Å². The van der Waals surface area contributed by atoms with Crippen LogP contribution in [0.25, 0.3) is 0 Å². The molecule has 2 N–H and O–H groups in total. The molecule has 158 valence electrons. The molecule has 9 heteroatoms. The van der Waals surface area contributed by atoms with Crippen LogP contribution >= 0.6 is 23.2 Å². The summed E-state index contributed by atoms with van der Waals surface area (Å²) in [6, 6.07) is 13.5. The van der Waals surface area contributed by atoms with E-state index in [1.807, 2.05) is 30.3 Å². The minimum absolute atomic E-state index is 0.241. The second-order valence-corrected chi connectivity index (χ2v) is 8.04. The predicted octanol–water partition coefficient (Wildman–Crippen LogP) is 3.74. The Labute approximate surface area is 184 Å². The summed E-state index contributed by atoms with van der Waals surface area (Å²) in [5.41, 5.74) is 2.25. The first-order chi connectivity index (χ1) is 14.2. The molecule has 2 aromatic rings. The van der Waals surface area contributed by atoms with E-state index in [0.29, 0.717) is 22.9 Å². The Bertz CT molecular complexity index is 970. The Morgan fingerprint density at radius 3 is 2.57 bits per heavy atom. The molecule has 0 aromatic heterocycles. The second kappa shape index (κ2) is 8.93. The fraction of sp³-hybridized carbons (Fsp3) is 0.286. The van der Waals surface area contributed by atoms with Crippen molar-refractivity contribution in [3.05, 3.63) is 64.1 Å². The summed E-state index contributed by atoms with van der Waals surface area (Å²) in [4.78, 5) is 37.6. The molecule has 30 heavy (non-hydrogen) atoms. The Morgan fingerprint density at radius 1 is 1.20 bits per heavy atom. The molecular formula is C21H21Cl2N3O4. The van der Waals surface area contributed by atoms with Crippen LogP contribution in [-0.4, -0.2) is 34.5 Å². The average Bonchev–Trinajstić information content (AvgIpc) is 2.92. The molecule has 0 radical (unpaired) electrons. The van der Waals surface area contributed by atoms with Gasteiger partial charge in [-0.05, 0) is 50.5 Å². The number of hydrogen-bond acceptors (Lipinski definition) is 4. The van der Waals surface area contributed by atoms with Crippen molar-refractivity contribution in [1.29, 1.82) is 0 Å². The summed E-state index contributed by atoms with van der Waals surface area (Å²) in [6.45, 7) is 3.11. The molecule has 1 aliphatic rings. The first kappa shape index (κ1) is 21.9. The number of nitrogens with zero attached hydrogens (tertiary/aromatic N) is 1. The van der Waals surface area contributed by atoms with Crippen LogP contribution in [0.5, 0.6) is 5.75 Å². The third-order valence-corrected chi connectivity index (χ3v) is 5.34. The van der Waals surface area contributed by atoms with Crippen LogP contribution in [0.2, 0.25) is 10.0 Å². The summed E-state index contributed by atoms with van der Waals surface area (Å²) < 4.78 is 5.53. The molecule has 1 saturated heterocycles. The number of hydrogen-bond donors (Lipinski definition) is 2. The summed E-state index contributed by atoms with van der Waals surface area (Å²) in [5, 5.41) is 4.02. The van der Waals surface area contributed by atoms with Crippen molar-refractivity contribution in [2.45, 2.75) is 38.3 Å². The molecule has 4 amide bonds. The van der Waals surface area contributed by atoms with Crippen LogP contribution in [0.15, 0.2) is 48.5 Å². The maximum absolute atomic E-state index is 12.8. The zero-order valence-corrected chi connectivity index (χ0v) is 18.0. The van der Waals surface area contributed by atoms with Crippen LogP contribution in [-0.2, 0) is 16.0 Å². The van der Waals surface area contributed by atoms with E-state index >= 15 is 0 Å². The SMILES string of the molecule is CC(Oc1ccc(Cl)cc1Cl)C(=O)NN1C(=O)NC(C)(CCc2ccccc2)C1=O. The third kappa shape index (κ3) is 4.86. The van der Waals surface area contributed by atoms with Crippen molar-refractivity contribution in [3.8, 4) is 5.75 Å². The lowest BCUT2D eigenvalue weighted by molar-refractivity contribution is -0.141. The number of carbonyl (C=O) groups excluding carboxylic acids is 3. The summed E-state index contributed by atoms with van der Waals surface area (Å²) in [5.74, 6) is -0.945. The molecule has 2 aromatic carbocycles. The molecule has 1 fully saturated rings. The number of urea groups is 1. The van der Waals surface area contributed by atoms with E-state index < -0.39 is 29.5 Å². The van der Waals surface area contributed by atoms with E-state index in [4.69, 9.17) is 27.9 Å². The van der Waals surface area contributed by atoms with Gasteiger partial charge in [0.25, 0.3) is 11.8 Å². The van der Waals surface area contributed by atoms with Gasteiger partial charge in [-0.25, -0.2) is 4.79 Å². The third-order valence-electron chi connectivity index (χ3n) is 4.81. The molecular weight excluding hydrogens is 429 g/mol. The Kier molecular flexibility index (Phi) is 6.53. The second-order valence-electron chi connectivity index (χ2n) is 7.20. The lowest BCUT2D eigenvalue weighted by Gasteiger charge is -2.22. The number of rotatable bonds is 7. The number of halogens is 2. The van der Waals surface area contributed by atoms with Crippen molar-refractivity contribution in [2.24, 2.45) is 0 Å². The summed E-state index contributed by atoms with van der Waals surface area (Å²) in [6.07, 6.45) is -0.0272. The molecule has 0 spiro atoms. The van der Waals surface area contributed by atoms with E-state index in [1.165, 1.54) is 19.1 Å². The number of ether oxygens (including phenoxy) is 1. The van der Waals surface area contributed by atoms with Crippen molar-refractivity contribution in [1.82, 2.24) is 15.8 Å². The normalized spacial score (nSPS) is 19.4. The van der Waals surface area contributed by atoms with E-state index in [2.05, 4.69) is 10.7 Å². The fourth-order valence-electron chi connectivity index (χ4n) is 3.01. The number of carbonyl (C=O) groups is 3. The molecule has 0 aliphatic carbocycles. The van der Waals surface area contributed by atoms with Gasteiger partial charge in [-0.15, -0.1) is 0 Å². The zero-order valence-electron chi connectivity index (χ0n) is 16.4. The van der Waals surface area contributed by atoms with Crippen LogP contribution in [0, 0.1) is 0 Å². The molecule has 0 bridgehead atoms. The van der Waals surface area contributed by atoms with Crippen LogP contribution in [0.4, 0.5) is 4.79 Å². The quantitative estimate of drug-likeness (QED) is 0.630. The van der Waals surface area contributed by atoms with E-state index in [0.717, 1.165) is 5.56 Å². The average molecular weight is 450 g/mol. The monoisotopic (exact) mass is 449 g/mol. The molecule has 0 saturated carbocycles. The van der Waals surface area contributed by atoms with Crippen LogP contribution in [0.3, 0.4) is 0 Å². The highest BCUT2D eigenvalue weighted by atomic mass is 35.5. The predicted molar refractivity (Wildman–Crippen MR) is 113 cm³/mol. The minimum Gasteiger partial charge on any atom is -0.479 e. The van der Waals surface area contributed by atoms with Gasteiger partial charge in [0.05, 0.1) is 5.02 Å². The van der Waals surface area contributed by atoms with Gasteiger partial charge < -0.3 is 10.1 Å². The standard InChI is InChI=1S/C21H21Cl2N3O4/c1-13(30-17-9-8-15(22)12-16(17)23)18(27)25-26-19(28)21(2,24-20(26)29)11-10-14-6-4-3-5-7-14/h3-9,12-13H,10-11H2,1-2H3,(H,24,29)(H,25,27). The highest BCUT2D eigenvalue weighted by molar-refractivity contribution is 6.35. The number of hydrazine groups is 1. The first-order valence-corrected chi connectivity index (χ1v) is 10.1. The zero-order chi connectivity index (χ0) is 21.9. The van der Waals surface area contributed by atoms with Crippen molar-refractivity contribution >= 4 is 41.0 Å². The van der Waals surface area contributed by atoms with Gasteiger partial charge in [0.2, 0.25) is 0 Å². The number of nitrogens with one attached hydrogen (secondary N) is 2. The molecule has 3 rings (SSSR count). The topological polar surface area (TPSA) is 87.7 Å². The lowest BCUT2D eigenvalue weighted by Crippen LogP contribution is -2.52. The first-order valence-electron chi connectivity index (χ1n) is 9.32. The number of aryl methyl sites for hydroxylation is 1. The van der Waals surface area contributed by atoms with Crippen molar-refractivity contribution in [3.63, 3.8) is 0 Å². The van der Waals surface area contributed by atoms with Crippen molar-refractivity contribution in [2.75, 3.05) is 0 Å². The largest absolute Gasteiger partial charge is 0.479 e. The summed E-state index contributed by atoms with van der Waals surface area (Å²) in [7, 11) is 0. The van der Waals surface area contributed by atoms with E-state index in [9.17, 15) is 14.4 Å². The lowest BCUT2D eigenvalue weighted by atomic mass is 9.93. The van der Waals surface area contributed by atoms with Gasteiger partial charge in [0.15, 0.2) is 6.10 Å². The Morgan fingerprint density at radius 2 is 1.90 bits per heavy atom. The van der Waals surface area contributed by atoms with Crippen molar-refractivity contribution < 1.29 is 19.1 Å². The maximum Gasteiger partial charge on any atom is 0.344 e. The highest BCUT2D eigenvalue weighted by Gasteiger charge is 2.48. The Balaban J connectivity index is 1.62. The minimum atomic E-state index is -1.12. The van der Waals surface area contributed by atoms with Crippen LogP contribution in [0.1, 0.15) is 25.8 Å². The van der Waals surface area contributed by atoms with Gasteiger partial charge >= 0.3 is 6.03 Å². The molecule has 2 unspecified atom stereocenters. The maximum atomic E-state index is 12.8. The molecule has 7 nitrogen and oxygen atoms in total. The molecule has 1 heterocycles. The summed E-state index contributed by atoms with van der Waals surface area (Å²) >= 11 is 11.9. The smallest absolute Gasteiger partial charge is 0.344 e. The van der Waals surface area contributed by atoms with Gasteiger partial charge in [0, 0.05) is 5.02 Å². The van der Waals surface area contributed by atoms with Gasteiger partial charge in [0.1, 0.15) is 11.3 Å². The Hall–Kier alpha value is -2.77. The molecule has 2 atom stereocenters. The fourth-order valence-corrected chi connectivity index (χ4v) is 3.46. The van der Waals surface area contributed by atoms with Crippen LogP contribution < -0.4 is 15.5 Å². The van der Waals surface area contributed by atoms with Gasteiger partial charge in [-0.1, -0.05) is 53.5 Å². The van der Waals surface area contributed by atoms with E-state index in [1.54, 1.807) is 13.0 Å². The number of imide groups is 1. The number of benzene rings is 2. The number of amides is 4.